The number of amides is 1. The number of alkyl halides is 3. The highest BCUT2D eigenvalue weighted by atomic mass is 32.1. The maximum atomic E-state index is 14.8. The third kappa shape index (κ3) is 8.00. The Kier molecular flexibility index (Phi) is 10.7. The minimum Gasteiger partial charge on any atom is -0.369 e. The van der Waals surface area contributed by atoms with Crippen molar-refractivity contribution in [2.75, 3.05) is 38.5 Å². The van der Waals surface area contributed by atoms with Crippen molar-refractivity contribution in [1.29, 1.82) is 0 Å². The second kappa shape index (κ2) is 14.3. The molecule has 0 aliphatic carbocycles. The van der Waals surface area contributed by atoms with Gasteiger partial charge in [0.05, 0.1) is 23.3 Å². The van der Waals surface area contributed by atoms with Gasteiger partial charge in [-0.05, 0) is 68.1 Å². The highest BCUT2D eigenvalue weighted by molar-refractivity contribution is 7.59. The molecule has 1 atom stereocenters. The molecule has 4 heterocycles. The topological polar surface area (TPSA) is 95.9 Å². The van der Waals surface area contributed by atoms with Crippen molar-refractivity contribution in [3.63, 3.8) is 0 Å². The second-order valence-electron chi connectivity index (χ2n) is 10.9. The molecule has 8 nitrogen and oxygen atoms in total. The Labute approximate surface area is 260 Å². The molecule has 2 N–H and O–H groups in total. The molecule has 0 radical (unpaired) electrons. The van der Waals surface area contributed by atoms with Crippen molar-refractivity contribution in [2.45, 2.75) is 38.3 Å². The number of carbonyl (C=O) groups is 1. The Morgan fingerprint density at radius 1 is 1.07 bits per heavy atom. The molecular formula is C31H35F4N7OS. The van der Waals surface area contributed by atoms with Crippen LogP contribution in [0.3, 0.4) is 0 Å². The van der Waals surface area contributed by atoms with E-state index in [9.17, 15) is 22.4 Å². The number of hydrogen-bond acceptors (Lipinski definition) is 7. The van der Waals surface area contributed by atoms with Gasteiger partial charge in [-0.3, -0.25) is 19.7 Å². The molecule has 1 aliphatic rings. The molecule has 1 aromatic carbocycles. The number of nitrogens with zero attached hydrogens (tertiary/aromatic N) is 5. The summed E-state index contributed by atoms with van der Waals surface area (Å²) in [5, 5.41) is 6.06. The van der Waals surface area contributed by atoms with Crippen LogP contribution in [0.25, 0.3) is 22.2 Å². The third-order valence-corrected chi connectivity index (χ3v) is 7.86. The van der Waals surface area contributed by atoms with E-state index in [0.29, 0.717) is 42.6 Å². The summed E-state index contributed by atoms with van der Waals surface area (Å²) in [5.74, 6) is -0.0526. The number of benzene rings is 1. The largest absolute Gasteiger partial charge is 0.401 e. The first kappa shape index (κ1) is 33.1. The molecule has 1 amide bonds. The normalized spacial score (nSPS) is 15.0. The van der Waals surface area contributed by atoms with Crippen molar-refractivity contribution < 1.29 is 22.4 Å². The number of piperidine rings is 1. The predicted octanol–water partition coefficient (Wildman–Crippen LogP) is 5.73. The lowest BCUT2D eigenvalue weighted by Crippen LogP contribution is -2.40. The van der Waals surface area contributed by atoms with Crippen LogP contribution in [0, 0.1) is 11.7 Å². The maximum Gasteiger partial charge on any atom is 0.401 e. The molecule has 1 saturated heterocycles. The number of aromatic nitrogens is 4. The molecule has 3 aromatic heterocycles. The van der Waals surface area contributed by atoms with Crippen LogP contribution >= 0.6 is 13.5 Å². The Bertz CT molecular complexity index is 1580. The van der Waals surface area contributed by atoms with Gasteiger partial charge in [-0.1, -0.05) is 13.0 Å². The number of carbonyl (C=O) groups excluding carboxylic acids is 1. The van der Waals surface area contributed by atoms with Crippen LogP contribution in [0.5, 0.6) is 0 Å². The summed E-state index contributed by atoms with van der Waals surface area (Å²) in [7, 11) is 1.50. The quantitative estimate of drug-likeness (QED) is 0.228. The van der Waals surface area contributed by atoms with Crippen molar-refractivity contribution in [2.24, 2.45) is 5.92 Å². The van der Waals surface area contributed by atoms with Gasteiger partial charge in [-0.2, -0.15) is 26.7 Å². The smallest absolute Gasteiger partial charge is 0.369 e. The van der Waals surface area contributed by atoms with Crippen LogP contribution < -0.4 is 10.6 Å². The van der Waals surface area contributed by atoms with Crippen LogP contribution in [-0.2, 0) is 6.42 Å². The van der Waals surface area contributed by atoms with E-state index < -0.39 is 18.5 Å². The molecule has 0 saturated carbocycles. The van der Waals surface area contributed by atoms with Gasteiger partial charge in [0.2, 0.25) is 0 Å². The van der Waals surface area contributed by atoms with E-state index in [1.54, 1.807) is 12.3 Å². The molecule has 0 spiro atoms. The lowest BCUT2D eigenvalue weighted by Gasteiger charge is -2.32. The van der Waals surface area contributed by atoms with Crippen molar-refractivity contribution in [1.82, 2.24) is 30.2 Å². The first-order valence-corrected chi connectivity index (χ1v) is 14.2. The van der Waals surface area contributed by atoms with E-state index in [1.807, 2.05) is 25.1 Å². The van der Waals surface area contributed by atoms with Crippen molar-refractivity contribution >= 4 is 36.1 Å². The molecule has 234 valence electrons. The van der Waals surface area contributed by atoms with E-state index in [0.717, 1.165) is 36.1 Å². The average Bonchev–Trinajstić information content (AvgIpc) is 3.00. The number of halogens is 4. The zero-order valence-electron chi connectivity index (χ0n) is 24.5. The summed E-state index contributed by atoms with van der Waals surface area (Å²) in [4.78, 5) is 31.5. The maximum absolute atomic E-state index is 14.8. The molecule has 1 aliphatic heterocycles. The monoisotopic (exact) mass is 629 g/mol. The molecular weight excluding hydrogens is 594 g/mol. The number of rotatable bonds is 9. The fourth-order valence-corrected chi connectivity index (χ4v) is 5.54. The van der Waals surface area contributed by atoms with Crippen LogP contribution in [0.1, 0.15) is 47.3 Å². The van der Waals surface area contributed by atoms with E-state index in [4.69, 9.17) is 0 Å². The van der Waals surface area contributed by atoms with Crippen LogP contribution in [0.15, 0.2) is 55.1 Å². The summed E-state index contributed by atoms with van der Waals surface area (Å²) >= 11 is 0. The second-order valence-corrected chi connectivity index (χ2v) is 10.9. The van der Waals surface area contributed by atoms with E-state index in [2.05, 4.69) is 30.6 Å². The van der Waals surface area contributed by atoms with Gasteiger partial charge in [-0.25, -0.2) is 14.4 Å². The molecule has 0 bridgehead atoms. The van der Waals surface area contributed by atoms with E-state index in [1.165, 1.54) is 36.6 Å². The lowest BCUT2D eigenvalue weighted by molar-refractivity contribution is -0.148. The van der Waals surface area contributed by atoms with Crippen molar-refractivity contribution in [3.05, 3.63) is 77.8 Å². The number of anilines is 1. The molecule has 44 heavy (non-hydrogen) atoms. The number of fused-ring (bicyclic) bond motifs is 1. The van der Waals surface area contributed by atoms with Crippen molar-refractivity contribution in [3.8, 4) is 11.3 Å². The van der Waals surface area contributed by atoms with Gasteiger partial charge in [0.1, 0.15) is 18.0 Å². The fraction of sp³-hybridized carbons (Fsp3) is 0.387. The highest BCUT2D eigenvalue weighted by Crippen LogP contribution is 2.29. The fourth-order valence-electron chi connectivity index (χ4n) is 5.54. The summed E-state index contributed by atoms with van der Waals surface area (Å²) < 4.78 is 52.7. The lowest BCUT2D eigenvalue weighted by atomic mass is 9.92. The van der Waals surface area contributed by atoms with Gasteiger partial charge < -0.3 is 10.6 Å². The summed E-state index contributed by atoms with van der Waals surface area (Å²) in [5.41, 5.74) is 3.88. The Morgan fingerprint density at radius 3 is 2.52 bits per heavy atom. The summed E-state index contributed by atoms with van der Waals surface area (Å²) in [6, 6.07) is 10.3. The number of nitrogens with one attached hydrogen (secondary N) is 2. The minimum atomic E-state index is -4.16. The first-order chi connectivity index (χ1) is 20.6. The number of likely N-dealkylation sites (tertiary alicyclic amines) is 1. The molecule has 13 heteroatoms. The molecule has 1 fully saturated rings. The standard InChI is InChI=1S/C31H33F4N7O.H2S/c1-19(23-5-6-25(32)28-24(30(43)36-2)7-10-37-29(23)28)15-39-27-14-26(40-18-41-27)21-3-4-22(38-16-21)13-20-8-11-42(12-9-20)17-31(33,34)35;/h3-7,10,14,16,18-20H,8-9,11-13,15,17H2,1-2H3,(H,36,43)(H,39,40,41);1H2/t19-;/m1./s1. The Morgan fingerprint density at radius 2 is 1.84 bits per heavy atom. The Hall–Kier alpha value is -3.84. The van der Waals surface area contributed by atoms with E-state index >= 15 is 0 Å². The zero-order valence-corrected chi connectivity index (χ0v) is 25.5. The summed E-state index contributed by atoms with van der Waals surface area (Å²) in [6.07, 6.45) is 2.74. The number of pyridine rings is 2. The van der Waals surface area contributed by atoms with Crippen LogP contribution in [-0.4, -0.2) is 70.1 Å². The van der Waals surface area contributed by atoms with Gasteiger partial charge in [0, 0.05) is 54.6 Å². The SMILES string of the molecule is CNC(=O)c1ccnc2c([C@H](C)CNc3cc(-c4ccc(CC5CCN(CC(F)(F)F)CC5)nc4)ncn3)ccc(F)c12.S. The van der Waals surface area contributed by atoms with Gasteiger partial charge in [0.25, 0.3) is 5.91 Å². The highest BCUT2D eigenvalue weighted by Gasteiger charge is 2.32. The molecule has 4 aromatic rings. The molecule has 5 rings (SSSR count). The minimum absolute atomic E-state index is 0. The van der Waals surface area contributed by atoms with Crippen LogP contribution in [0.4, 0.5) is 23.4 Å². The first-order valence-electron chi connectivity index (χ1n) is 14.2. The van der Waals surface area contributed by atoms with Gasteiger partial charge >= 0.3 is 6.18 Å². The van der Waals surface area contributed by atoms with Gasteiger partial charge in [-0.15, -0.1) is 0 Å². The zero-order chi connectivity index (χ0) is 30.6. The predicted molar refractivity (Wildman–Crippen MR) is 167 cm³/mol. The van der Waals surface area contributed by atoms with E-state index in [-0.39, 0.29) is 36.3 Å². The average molecular weight is 630 g/mol. The molecule has 0 unspecified atom stereocenters. The number of hydrogen-bond donors (Lipinski definition) is 2. The summed E-state index contributed by atoms with van der Waals surface area (Å²) in [6.45, 7) is 2.51. The Balaban J connectivity index is 0.00000442. The third-order valence-electron chi connectivity index (χ3n) is 7.86. The van der Waals surface area contributed by atoms with Crippen LogP contribution in [0.2, 0.25) is 0 Å². The van der Waals surface area contributed by atoms with Gasteiger partial charge in [0.15, 0.2) is 0 Å².